The first-order valence-electron chi connectivity index (χ1n) is 8.92. The van der Waals surface area contributed by atoms with E-state index in [1.807, 2.05) is 0 Å². The highest BCUT2D eigenvalue weighted by Crippen LogP contribution is 2.20. The van der Waals surface area contributed by atoms with Crippen LogP contribution in [0.5, 0.6) is 0 Å². The predicted octanol–water partition coefficient (Wildman–Crippen LogP) is 2.98. The zero-order valence-electron chi connectivity index (χ0n) is 13.9. The smallest absolute Gasteiger partial charge is 0.0480 e. The van der Waals surface area contributed by atoms with Crippen LogP contribution in [0.1, 0.15) is 37.7 Å². The largest absolute Gasteiger partial charge is 0.381 e. The van der Waals surface area contributed by atoms with Crippen LogP contribution in [0.15, 0.2) is 30.3 Å². The molecule has 1 atom stereocenters. The van der Waals surface area contributed by atoms with E-state index in [1.165, 1.54) is 57.5 Å². The quantitative estimate of drug-likeness (QED) is 0.831. The monoisotopic (exact) mass is 302 g/mol. The molecule has 0 spiro atoms. The van der Waals surface area contributed by atoms with Crippen molar-refractivity contribution < 1.29 is 4.74 Å². The van der Waals surface area contributed by atoms with Gasteiger partial charge in [0, 0.05) is 45.4 Å². The molecule has 2 aliphatic rings. The summed E-state index contributed by atoms with van der Waals surface area (Å²) in [5, 5.41) is 0. The Morgan fingerprint density at radius 3 is 2.41 bits per heavy atom. The molecule has 122 valence electrons. The van der Waals surface area contributed by atoms with E-state index in [1.54, 1.807) is 0 Å². The maximum Gasteiger partial charge on any atom is 0.0480 e. The topological polar surface area (TPSA) is 15.7 Å². The summed E-state index contributed by atoms with van der Waals surface area (Å²) in [7, 11) is 0. The summed E-state index contributed by atoms with van der Waals surface area (Å²) in [5.74, 6) is 0.662. The number of hydrogen-bond acceptors (Lipinski definition) is 3. The minimum absolute atomic E-state index is 0.662. The Morgan fingerprint density at radius 1 is 1.05 bits per heavy atom. The summed E-state index contributed by atoms with van der Waals surface area (Å²) < 4.78 is 5.48. The molecule has 0 unspecified atom stereocenters. The summed E-state index contributed by atoms with van der Waals surface area (Å²) in [6, 6.07) is 11.7. The van der Waals surface area contributed by atoms with Gasteiger partial charge in [-0.2, -0.15) is 0 Å². The van der Waals surface area contributed by atoms with E-state index in [4.69, 9.17) is 4.74 Å². The highest BCUT2D eigenvalue weighted by atomic mass is 16.5. The Bertz CT molecular complexity index is 422. The minimum atomic E-state index is 0.662. The molecule has 0 amide bonds. The summed E-state index contributed by atoms with van der Waals surface area (Å²) in [5.41, 5.74) is 1.48. The molecular weight excluding hydrogens is 272 g/mol. The lowest BCUT2D eigenvalue weighted by Gasteiger charge is -2.40. The molecule has 22 heavy (non-hydrogen) atoms. The van der Waals surface area contributed by atoms with E-state index in [2.05, 4.69) is 47.1 Å². The van der Waals surface area contributed by atoms with E-state index in [9.17, 15) is 0 Å². The fourth-order valence-corrected chi connectivity index (χ4v) is 3.73. The molecule has 0 aliphatic carbocycles. The number of piperazine rings is 1. The van der Waals surface area contributed by atoms with Gasteiger partial charge in [0.2, 0.25) is 0 Å². The third kappa shape index (κ3) is 4.31. The van der Waals surface area contributed by atoms with Crippen molar-refractivity contribution in [2.24, 2.45) is 0 Å². The predicted molar refractivity (Wildman–Crippen MR) is 91.3 cm³/mol. The lowest BCUT2D eigenvalue weighted by molar-refractivity contribution is 0.0135. The summed E-state index contributed by atoms with van der Waals surface area (Å²) >= 11 is 0. The first-order valence-corrected chi connectivity index (χ1v) is 8.92. The van der Waals surface area contributed by atoms with Crippen LogP contribution < -0.4 is 0 Å². The highest BCUT2D eigenvalue weighted by Gasteiger charge is 2.25. The van der Waals surface area contributed by atoms with Gasteiger partial charge in [-0.25, -0.2) is 0 Å². The van der Waals surface area contributed by atoms with Crippen LogP contribution >= 0.6 is 0 Å². The van der Waals surface area contributed by atoms with Gasteiger partial charge in [0.05, 0.1) is 0 Å². The minimum Gasteiger partial charge on any atom is -0.381 e. The summed E-state index contributed by atoms with van der Waals surface area (Å²) in [6.45, 7) is 10.5. The second kappa shape index (κ2) is 8.09. The molecular formula is C19H30N2O. The maximum atomic E-state index is 5.48. The summed E-state index contributed by atoms with van der Waals surface area (Å²) in [4.78, 5) is 5.34. The van der Waals surface area contributed by atoms with Crippen molar-refractivity contribution in [3.63, 3.8) is 0 Å². The van der Waals surface area contributed by atoms with Gasteiger partial charge in [0.25, 0.3) is 0 Å². The molecule has 2 aliphatic heterocycles. The van der Waals surface area contributed by atoms with Gasteiger partial charge >= 0.3 is 0 Å². The molecule has 2 fully saturated rings. The van der Waals surface area contributed by atoms with Crippen LogP contribution in [0.25, 0.3) is 0 Å². The van der Waals surface area contributed by atoms with Crippen LogP contribution in [0, 0.1) is 0 Å². The SMILES string of the molecule is C[C@@H](CCN1CCN(C2CCOCC2)CC1)c1ccccc1. The van der Waals surface area contributed by atoms with E-state index in [0.717, 1.165) is 19.3 Å². The van der Waals surface area contributed by atoms with Gasteiger partial charge in [-0.1, -0.05) is 37.3 Å². The zero-order valence-corrected chi connectivity index (χ0v) is 13.9. The van der Waals surface area contributed by atoms with Gasteiger partial charge in [0.1, 0.15) is 0 Å². The Kier molecular flexibility index (Phi) is 5.88. The van der Waals surface area contributed by atoms with Gasteiger partial charge < -0.3 is 9.64 Å². The van der Waals surface area contributed by atoms with Crippen LogP contribution in [0.3, 0.4) is 0 Å². The van der Waals surface area contributed by atoms with Crippen LogP contribution in [0.2, 0.25) is 0 Å². The fraction of sp³-hybridized carbons (Fsp3) is 0.684. The molecule has 1 aromatic carbocycles. The molecule has 0 N–H and O–H groups in total. The van der Waals surface area contributed by atoms with E-state index in [0.29, 0.717) is 5.92 Å². The molecule has 3 heteroatoms. The second-order valence-electron chi connectivity index (χ2n) is 6.82. The van der Waals surface area contributed by atoms with Crippen molar-refractivity contribution in [3.8, 4) is 0 Å². The molecule has 1 aromatic rings. The first kappa shape index (κ1) is 16.0. The van der Waals surface area contributed by atoms with Gasteiger partial charge in [-0.15, -0.1) is 0 Å². The lowest BCUT2D eigenvalue weighted by atomic mass is 9.97. The van der Waals surface area contributed by atoms with Crippen LogP contribution in [0.4, 0.5) is 0 Å². The Morgan fingerprint density at radius 2 is 1.73 bits per heavy atom. The third-order valence-electron chi connectivity index (χ3n) is 5.36. The molecule has 2 saturated heterocycles. The second-order valence-corrected chi connectivity index (χ2v) is 6.82. The van der Waals surface area contributed by atoms with E-state index < -0.39 is 0 Å². The fourth-order valence-electron chi connectivity index (χ4n) is 3.73. The van der Waals surface area contributed by atoms with Gasteiger partial charge in [-0.05, 0) is 37.3 Å². The van der Waals surface area contributed by atoms with Crippen molar-refractivity contribution in [1.29, 1.82) is 0 Å². The van der Waals surface area contributed by atoms with Crippen molar-refractivity contribution in [2.45, 2.75) is 38.1 Å². The van der Waals surface area contributed by atoms with Crippen LogP contribution in [-0.4, -0.2) is 61.8 Å². The molecule has 0 aromatic heterocycles. The molecule has 0 bridgehead atoms. The summed E-state index contributed by atoms with van der Waals surface area (Å²) in [6.07, 6.45) is 3.72. The molecule has 3 nitrogen and oxygen atoms in total. The van der Waals surface area contributed by atoms with Crippen molar-refractivity contribution in [1.82, 2.24) is 9.80 Å². The highest BCUT2D eigenvalue weighted by molar-refractivity contribution is 5.18. The first-order chi connectivity index (χ1) is 10.8. The normalized spacial score (nSPS) is 23.5. The van der Waals surface area contributed by atoms with Crippen molar-refractivity contribution in [3.05, 3.63) is 35.9 Å². The standard InChI is InChI=1S/C19H30N2O/c1-17(18-5-3-2-4-6-18)7-10-20-11-13-21(14-12-20)19-8-15-22-16-9-19/h2-6,17,19H,7-16H2,1H3/t17-/m0/s1. The maximum absolute atomic E-state index is 5.48. The Labute approximate surface area is 135 Å². The average molecular weight is 302 g/mol. The third-order valence-corrected chi connectivity index (χ3v) is 5.36. The molecule has 3 rings (SSSR count). The number of rotatable bonds is 5. The van der Waals surface area contributed by atoms with Crippen molar-refractivity contribution in [2.75, 3.05) is 45.9 Å². The molecule has 0 saturated carbocycles. The number of hydrogen-bond donors (Lipinski definition) is 0. The number of ether oxygens (including phenoxy) is 1. The Balaban J connectivity index is 1.38. The zero-order chi connectivity index (χ0) is 15.2. The number of benzene rings is 1. The van der Waals surface area contributed by atoms with E-state index in [-0.39, 0.29) is 0 Å². The Hall–Kier alpha value is -0.900. The average Bonchev–Trinajstić information content (AvgIpc) is 2.61. The van der Waals surface area contributed by atoms with Gasteiger partial charge in [-0.3, -0.25) is 4.90 Å². The molecule has 2 heterocycles. The van der Waals surface area contributed by atoms with Crippen molar-refractivity contribution >= 4 is 0 Å². The van der Waals surface area contributed by atoms with E-state index >= 15 is 0 Å². The lowest BCUT2D eigenvalue weighted by Crippen LogP contribution is -2.51. The van der Waals surface area contributed by atoms with Crippen LogP contribution in [-0.2, 0) is 4.74 Å². The number of nitrogens with zero attached hydrogens (tertiary/aromatic N) is 2. The van der Waals surface area contributed by atoms with Gasteiger partial charge in [0.15, 0.2) is 0 Å². The molecule has 0 radical (unpaired) electrons.